The molecule has 0 unspecified atom stereocenters. The maximum absolute atomic E-state index is 12.4. The second-order valence-corrected chi connectivity index (χ2v) is 6.41. The van der Waals surface area contributed by atoms with Crippen LogP contribution < -0.4 is 5.32 Å². The van der Waals surface area contributed by atoms with Gasteiger partial charge in [-0.3, -0.25) is 4.79 Å². The van der Waals surface area contributed by atoms with E-state index in [1.807, 2.05) is 4.57 Å². The molecule has 0 aromatic carbocycles. The smallest absolute Gasteiger partial charge is 0.269 e. The number of hydrogen-bond donors (Lipinski definition) is 2. The van der Waals surface area contributed by atoms with Crippen LogP contribution in [0, 0.1) is 0 Å². The van der Waals surface area contributed by atoms with Gasteiger partial charge in [0.15, 0.2) is 0 Å². The van der Waals surface area contributed by atoms with E-state index in [1.54, 1.807) is 6.20 Å². The van der Waals surface area contributed by atoms with Crippen molar-refractivity contribution in [1.29, 1.82) is 0 Å². The molecular formula is C16H25N3O3. The molecule has 1 saturated heterocycles. The number of fused-ring (bicyclic) bond motifs is 1. The lowest BCUT2D eigenvalue weighted by Gasteiger charge is -2.31. The molecule has 1 fully saturated rings. The molecule has 1 atom stereocenters. The molecule has 0 radical (unpaired) electrons. The lowest BCUT2D eigenvalue weighted by Crippen LogP contribution is -2.42. The van der Waals surface area contributed by atoms with E-state index in [0.29, 0.717) is 25.3 Å². The van der Waals surface area contributed by atoms with Gasteiger partial charge in [-0.25, -0.2) is 4.98 Å². The molecule has 1 aromatic rings. The number of aromatic nitrogens is 2. The largest absolute Gasteiger partial charge is 0.387 e. The Bertz CT molecular complexity index is 521. The Hall–Kier alpha value is -1.40. The predicted molar refractivity (Wildman–Crippen MR) is 81.7 cm³/mol. The molecule has 2 N–H and O–H groups in total. The lowest BCUT2D eigenvalue weighted by atomic mass is 9.93. The van der Waals surface area contributed by atoms with Crippen LogP contribution in [0.1, 0.15) is 54.8 Å². The minimum absolute atomic E-state index is 0.0963. The zero-order valence-electron chi connectivity index (χ0n) is 13.0. The van der Waals surface area contributed by atoms with Gasteiger partial charge in [0.05, 0.1) is 18.4 Å². The Morgan fingerprint density at radius 1 is 1.41 bits per heavy atom. The number of nitrogens with one attached hydrogen (secondary N) is 1. The van der Waals surface area contributed by atoms with E-state index >= 15 is 0 Å². The summed E-state index contributed by atoms with van der Waals surface area (Å²) in [6.07, 6.45) is 8.20. The van der Waals surface area contributed by atoms with Gasteiger partial charge in [0, 0.05) is 26.1 Å². The fourth-order valence-corrected chi connectivity index (χ4v) is 3.31. The van der Waals surface area contributed by atoms with E-state index in [4.69, 9.17) is 4.74 Å². The third-order valence-corrected chi connectivity index (χ3v) is 4.63. The van der Waals surface area contributed by atoms with Crippen LogP contribution in [0.5, 0.6) is 0 Å². The minimum atomic E-state index is -0.792. The predicted octanol–water partition coefficient (Wildman–Crippen LogP) is 1.27. The van der Waals surface area contributed by atoms with Crippen LogP contribution >= 0.6 is 0 Å². The molecule has 6 heteroatoms. The normalized spacial score (nSPS) is 25.3. The number of imidazole rings is 1. The molecule has 122 valence electrons. The first-order valence-corrected chi connectivity index (χ1v) is 8.31. The number of rotatable bonds is 4. The van der Waals surface area contributed by atoms with Crippen LogP contribution in [0.2, 0.25) is 0 Å². The summed E-state index contributed by atoms with van der Waals surface area (Å²) in [4.78, 5) is 16.7. The second-order valence-electron chi connectivity index (χ2n) is 6.41. The van der Waals surface area contributed by atoms with E-state index in [2.05, 4.69) is 10.3 Å². The number of aliphatic hydroxyl groups is 1. The number of hydrogen-bond acceptors (Lipinski definition) is 4. The van der Waals surface area contributed by atoms with Crippen molar-refractivity contribution in [2.75, 3.05) is 19.8 Å². The van der Waals surface area contributed by atoms with E-state index in [9.17, 15) is 9.90 Å². The van der Waals surface area contributed by atoms with Gasteiger partial charge in [-0.15, -0.1) is 0 Å². The highest BCUT2D eigenvalue weighted by Crippen LogP contribution is 2.22. The average Bonchev–Trinajstić information content (AvgIpc) is 2.77. The van der Waals surface area contributed by atoms with Gasteiger partial charge >= 0.3 is 0 Å². The zero-order valence-corrected chi connectivity index (χ0v) is 13.0. The van der Waals surface area contributed by atoms with E-state index < -0.39 is 5.60 Å². The third-order valence-electron chi connectivity index (χ3n) is 4.63. The fraction of sp³-hybridized carbons (Fsp3) is 0.750. The number of aryl methyl sites for hydroxylation is 1. The fourth-order valence-electron chi connectivity index (χ4n) is 3.31. The maximum atomic E-state index is 12.4. The minimum Gasteiger partial charge on any atom is -0.387 e. The standard InChI is InChI=1S/C16H25N3O3/c20-15(17-8-7-16(21)6-4-10-22-12-16)13-11-18-14-5-2-1-3-9-19(13)14/h11,21H,1-10,12H2,(H,17,20)/t16-/m1/s1. The molecule has 0 bridgehead atoms. The van der Waals surface area contributed by atoms with Gasteiger partial charge in [0.2, 0.25) is 0 Å². The van der Waals surface area contributed by atoms with Crippen LogP contribution in [0.4, 0.5) is 0 Å². The average molecular weight is 307 g/mol. The van der Waals surface area contributed by atoms with Crippen molar-refractivity contribution in [3.05, 3.63) is 17.7 Å². The van der Waals surface area contributed by atoms with Crippen molar-refractivity contribution in [3.63, 3.8) is 0 Å². The summed E-state index contributed by atoms with van der Waals surface area (Å²) in [6.45, 7) is 2.41. The van der Waals surface area contributed by atoms with Gasteiger partial charge in [-0.05, 0) is 32.1 Å². The van der Waals surface area contributed by atoms with E-state index in [-0.39, 0.29) is 5.91 Å². The Morgan fingerprint density at radius 3 is 3.14 bits per heavy atom. The van der Waals surface area contributed by atoms with Gasteiger partial charge in [-0.2, -0.15) is 0 Å². The quantitative estimate of drug-likeness (QED) is 0.878. The summed E-state index contributed by atoms with van der Waals surface area (Å²) in [5.74, 6) is 0.919. The SMILES string of the molecule is O=C(NCC[C@]1(O)CCCOC1)c1cnc2n1CCCCC2. The summed E-state index contributed by atoms with van der Waals surface area (Å²) < 4.78 is 7.37. The first-order valence-electron chi connectivity index (χ1n) is 8.31. The highest BCUT2D eigenvalue weighted by Gasteiger charge is 2.29. The van der Waals surface area contributed by atoms with Crippen molar-refractivity contribution in [1.82, 2.24) is 14.9 Å². The molecule has 0 aliphatic carbocycles. The Kier molecular flexibility index (Phi) is 4.78. The van der Waals surface area contributed by atoms with E-state index in [1.165, 1.54) is 6.42 Å². The Labute approximate surface area is 130 Å². The molecule has 1 aromatic heterocycles. The van der Waals surface area contributed by atoms with Crippen LogP contribution in [-0.4, -0.2) is 45.9 Å². The van der Waals surface area contributed by atoms with Gasteiger partial charge < -0.3 is 19.7 Å². The molecule has 2 aliphatic heterocycles. The number of nitrogens with zero attached hydrogens (tertiary/aromatic N) is 2. The van der Waals surface area contributed by atoms with Crippen molar-refractivity contribution < 1.29 is 14.6 Å². The molecule has 0 spiro atoms. The van der Waals surface area contributed by atoms with Crippen LogP contribution in [-0.2, 0) is 17.7 Å². The first-order chi connectivity index (χ1) is 10.7. The topological polar surface area (TPSA) is 76.4 Å². The number of carbonyl (C=O) groups excluding carboxylic acids is 1. The first kappa shape index (κ1) is 15.5. The lowest BCUT2D eigenvalue weighted by molar-refractivity contribution is -0.0887. The van der Waals surface area contributed by atoms with Gasteiger partial charge in [0.1, 0.15) is 11.5 Å². The number of amides is 1. The highest BCUT2D eigenvalue weighted by atomic mass is 16.5. The molecule has 3 heterocycles. The van der Waals surface area contributed by atoms with Crippen molar-refractivity contribution in [3.8, 4) is 0 Å². The summed E-state index contributed by atoms with van der Waals surface area (Å²) in [5, 5.41) is 13.3. The Balaban J connectivity index is 1.55. The molecule has 2 aliphatic rings. The Morgan fingerprint density at radius 2 is 2.32 bits per heavy atom. The van der Waals surface area contributed by atoms with Crippen LogP contribution in [0.3, 0.4) is 0 Å². The maximum Gasteiger partial charge on any atom is 0.269 e. The number of carbonyl (C=O) groups is 1. The van der Waals surface area contributed by atoms with Gasteiger partial charge in [-0.1, -0.05) is 6.42 Å². The molecule has 3 rings (SSSR count). The van der Waals surface area contributed by atoms with Crippen molar-refractivity contribution in [2.45, 2.75) is 57.1 Å². The summed E-state index contributed by atoms with van der Waals surface area (Å²) in [5.41, 5.74) is -0.149. The zero-order chi connectivity index (χ0) is 15.4. The summed E-state index contributed by atoms with van der Waals surface area (Å²) in [7, 11) is 0. The molecular weight excluding hydrogens is 282 g/mol. The second kappa shape index (κ2) is 6.79. The monoisotopic (exact) mass is 307 g/mol. The van der Waals surface area contributed by atoms with Crippen LogP contribution in [0.25, 0.3) is 0 Å². The molecule has 1 amide bonds. The highest BCUT2D eigenvalue weighted by molar-refractivity contribution is 5.92. The third kappa shape index (κ3) is 3.50. The molecule has 22 heavy (non-hydrogen) atoms. The number of ether oxygens (including phenoxy) is 1. The summed E-state index contributed by atoms with van der Waals surface area (Å²) in [6, 6.07) is 0. The molecule has 0 saturated carbocycles. The van der Waals surface area contributed by atoms with Crippen LogP contribution in [0.15, 0.2) is 6.20 Å². The van der Waals surface area contributed by atoms with Gasteiger partial charge in [0.25, 0.3) is 5.91 Å². The summed E-state index contributed by atoms with van der Waals surface area (Å²) >= 11 is 0. The van der Waals surface area contributed by atoms with E-state index in [0.717, 1.165) is 51.1 Å². The van der Waals surface area contributed by atoms with Crippen molar-refractivity contribution >= 4 is 5.91 Å². The van der Waals surface area contributed by atoms with Crippen molar-refractivity contribution in [2.24, 2.45) is 0 Å². The molecule has 6 nitrogen and oxygen atoms in total.